The largest absolute Gasteiger partial charge is 0.342 e. The molecule has 204 valence electrons. The second-order valence-corrected chi connectivity index (χ2v) is 11.6. The Hall–Kier alpha value is -4.56. The van der Waals surface area contributed by atoms with E-state index in [0.717, 1.165) is 52.6 Å². The molecule has 7 nitrogen and oxygen atoms in total. The van der Waals surface area contributed by atoms with Crippen molar-refractivity contribution < 1.29 is 4.79 Å². The lowest BCUT2D eigenvalue weighted by molar-refractivity contribution is 0.0934. The predicted octanol–water partition coefficient (Wildman–Crippen LogP) is 5.75. The highest BCUT2D eigenvalue weighted by Crippen LogP contribution is 2.36. The van der Waals surface area contributed by atoms with Gasteiger partial charge in [-0.1, -0.05) is 78.9 Å². The van der Waals surface area contributed by atoms with Gasteiger partial charge in [0.25, 0.3) is 11.5 Å². The van der Waals surface area contributed by atoms with Crippen LogP contribution in [0.4, 0.5) is 0 Å². The number of aryl methyl sites for hydroxylation is 2. The number of benzene rings is 3. The molecular weight excluding hydrogens is 530 g/mol. The van der Waals surface area contributed by atoms with Gasteiger partial charge in [-0.05, 0) is 60.9 Å². The summed E-state index contributed by atoms with van der Waals surface area (Å²) in [5, 5.41) is 13.3. The number of carbonyl (C=O) groups is 1. The van der Waals surface area contributed by atoms with Crippen LogP contribution in [0.5, 0.6) is 0 Å². The van der Waals surface area contributed by atoms with Crippen LogP contribution >= 0.6 is 11.3 Å². The van der Waals surface area contributed by atoms with Gasteiger partial charge in [0.15, 0.2) is 5.82 Å². The van der Waals surface area contributed by atoms with Crippen LogP contribution in [-0.2, 0) is 25.8 Å². The van der Waals surface area contributed by atoms with Gasteiger partial charge in [0, 0.05) is 10.4 Å². The molecule has 0 radical (unpaired) electrons. The lowest BCUT2D eigenvalue weighted by atomic mass is 9.97. The summed E-state index contributed by atoms with van der Waals surface area (Å²) >= 11 is 1.67. The number of amides is 1. The molecule has 0 aliphatic heterocycles. The normalized spacial score (nSPS) is 13.8. The predicted molar refractivity (Wildman–Crippen MR) is 162 cm³/mol. The van der Waals surface area contributed by atoms with Crippen molar-refractivity contribution in [3.8, 4) is 0 Å². The summed E-state index contributed by atoms with van der Waals surface area (Å²) in [6, 6.07) is 28.8. The Balaban J connectivity index is 1.44. The van der Waals surface area contributed by atoms with Crippen molar-refractivity contribution in [3.05, 3.63) is 134 Å². The minimum Gasteiger partial charge on any atom is -0.342 e. The Morgan fingerprint density at radius 1 is 0.854 bits per heavy atom. The maximum Gasteiger partial charge on any atom is 0.264 e. The summed E-state index contributed by atoms with van der Waals surface area (Å²) < 4.78 is 3.77. The third-order valence-electron chi connectivity index (χ3n) is 7.85. The van der Waals surface area contributed by atoms with Crippen molar-refractivity contribution in [2.45, 2.75) is 44.7 Å². The highest BCUT2D eigenvalue weighted by atomic mass is 32.1. The molecule has 1 amide bonds. The number of rotatable bonds is 7. The van der Waals surface area contributed by atoms with E-state index in [0.29, 0.717) is 30.1 Å². The van der Waals surface area contributed by atoms with Crippen LogP contribution in [0.25, 0.3) is 16.0 Å². The third-order valence-corrected chi connectivity index (χ3v) is 9.12. The van der Waals surface area contributed by atoms with E-state index in [1.807, 2.05) is 71.1 Å². The quantitative estimate of drug-likeness (QED) is 0.270. The lowest BCUT2D eigenvalue weighted by Crippen LogP contribution is -2.32. The van der Waals surface area contributed by atoms with Gasteiger partial charge in [0.1, 0.15) is 4.83 Å². The maximum atomic E-state index is 14.1. The summed E-state index contributed by atoms with van der Waals surface area (Å²) in [6.45, 7) is 0.390. The highest BCUT2D eigenvalue weighted by molar-refractivity contribution is 7.18. The topological polar surface area (TPSA) is 81.3 Å². The van der Waals surface area contributed by atoms with Crippen LogP contribution in [0.1, 0.15) is 56.6 Å². The van der Waals surface area contributed by atoms with Gasteiger partial charge in [-0.15, -0.1) is 21.5 Å². The Labute approximate surface area is 241 Å². The van der Waals surface area contributed by atoms with E-state index in [-0.39, 0.29) is 11.5 Å². The molecule has 1 N–H and O–H groups in total. The maximum absolute atomic E-state index is 14.1. The molecule has 1 atom stereocenters. The molecule has 1 unspecified atom stereocenters. The minimum absolute atomic E-state index is 0.0253. The van der Waals surface area contributed by atoms with Crippen LogP contribution in [-0.4, -0.2) is 25.1 Å². The Morgan fingerprint density at radius 2 is 1.51 bits per heavy atom. The zero-order valence-electron chi connectivity index (χ0n) is 22.5. The molecule has 6 aromatic rings. The first-order chi connectivity index (χ1) is 20.2. The summed E-state index contributed by atoms with van der Waals surface area (Å²) in [5.41, 5.74) is 3.81. The van der Waals surface area contributed by atoms with Crippen LogP contribution in [0.15, 0.2) is 95.8 Å². The molecule has 0 fully saturated rings. The molecule has 8 heteroatoms. The van der Waals surface area contributed by atoms with Crippen molar-refractivity contribution in [3.63, 3.8) is 0 Å². The van der Waals surface area contributed by atoms with E-state index < -0.39 is 6.04 Å². The molecule has 7 rings (SSSR count). The first-order valence-electron chi connectivity index (χ1n) is 14.0. The molecule has 0 bridgehead atoms. The van der Waals surface area contributed by atoms with Gasteiger partial charge in [-0.3, -0.25) is 18.6 Å². The van der Waals surface area contributed by atoms with E-state index in [4.69, 9.17) is 0 Å². The second-order valence-electron chi connectivity index (χ2n) is 10.5. The molecule has 1 aliphatic rings. The van der Waals surface area contributed by atoms with Gasteiger partial charge in [-0.2, -0.15) is 0 Å². The second kappa shape index (κ2) is 10.8. The average Bonchev–Trinajstić information content (AvgIpc) is 3.63. The van der Waals surface area contributed by atoms with E-state index in [1.165, 1.54) is 4.88 Å². The molecular formula is C33H29N5O2S. The Morgan fingerprint density at radius 3 is 2.24 bits per heavy atom. The van der Waals surface area contributed by atoms with E-state index in [2.05, 4.69) is 27.6 Å². The summed E-state index contributed by atoms with van der Waals surface area (Å²) in [5.74, 6) is 0.938. The number of aromatic nitrogens is 4. The van der Waals surface area contributed by atoms with E-state index in [1.54, 1.807) is 28.0 Å². The standard InChI is InChI=1S/C33H29N5O2S/c39-30(24-16-8-3-9-17-24)34-26(20-22-12-4-1-5-13-22)29-35-36-33-37(21-23-14-6-2-7-15-23)31(40)28-25-18-10-11-19-27(25)41-32(28)38(29)33/h1-9,12-17,26H,10-11,18-21H2,(H,34,39). The molecule has 3 heterocycles. The van der Waals surface area contributed by atoms with Crippen molar-refractivity contribution in [2.75, 3.05) is 0 Å². The minimum atomic E-state index is -0.467. The number of carbonyl (C=O) groups excluding carboxylic acids is 1. The van der Waals surface area contributed by atoms with Crippen LogP contribution < -0.4 is 10.9 Å². The summed E-state index contributed by atoms with van der Waals surface area (Å²) in [6.07, 6.45) is 4.61. The molecule has 0 spiro atoms. The molecule has 3 aromatic heterocycles. The van der Waals surface area contributed by atoms with Crippen molar-refractivity contribution in [1.29, 1.82) is 0 Å². The fraction of sp³-hybridized carbons (Fsp3) is 0.212. The zero-order chi connectivity index (χ0) is 27.8. The number of hydrogen-bond acceptors (Lipinski definition) is 5. The van der Waals surface area contributed by atoms with Gasteiger partial charge in [0.05, 0.1) is 18.0 Å². The zero-order valence-corrected chi connectivity index (χ0v) is 23.3. The fourth-order valence-corrected chi connectivity index (χ4v) is 7.22. The van der Waals surface area contributed by atoms with Gasteiger partial charge < -0.3 is 5.32 Å². The van der Waals surface area contributed by atoms with Crippen LogP contribution in [0, 0.1) is 0 Å². The van der Waals surface area contributed by atoms with Gasteiger partial charge in [-0.25, -0.2) is 0 Å². The van der Waals surface area contributed by atoms with Gasteiger partial charge >= 0.3 is 0 Å². The smallest absolute Gasteiger partial charge is 0.264 e. The summed E-state index contributed by atoms with van der Waals surface area (Å²) in [7, 11) is 0. The van der Waals surface area contributed by atoms with Crippen molar-refractivity contribution in [1.82, 2.24) is 24.5 Å². The summed E-state index contributed by atoms with van der Waals surface area (Å²) in [4.78, 5) is 29.7. The molecule has 0 saturated carbocycles. The lowest BCUT2D eigenvalue weighted by Gasteiger charge is -2.19. The number of thiophene rings is 1. The molecule has 1 aliphatic carbocycles. The van der Waals surface area contributed by atoms with Crippen LogP contribution in [0.2, 0.25) is 0 Å². The van der Waals surface area contributed by atoms with Crippen molar-refractivity contribution >= 4 is 33.2 Å². The Bertz CT molecular complexity index is 1910. The van der Waals surface area contributed by atoms with Crippen molar-refractivity contribution in [2.24, 2.45) is 0 Å². The third kappa shape index (κ3) is 4.74. The van der Waals surface area contributed by atoms with Crippen LogP contribution in [0.3, 0.4) is 0 Å². The average molecular weight is 560 g/mol. The molecule has 0 saturated heterocycles. The first kappa shape index (κ1) is 25.4. The Kier molecular flexibility index (Phi) is 6.68. The monoisotopic (exact) mass is 559 g/mol. The fourth-order valence-electron chi connectivity index (χ4n) is 5.83. The number of nitrogens with one attached hydrogen (secondary N) is 1. The highest BCUT2D eigenvalue weighted by Gasteiger charge is 2.28. The van der Waals surface area contributed by atoms with E-state index in [9.17, 15) is 9.59 Å². The van der Waals surface area contributed by atoms with E-state index >= 15 is 0 Å². The molecule has 41 heavy (non-hydrogen) atoms. The van der Waals surface area contributed by atoms with Gasteiger partial charge in [0.2, 0.25) is 5.78 Å². The number of fused-ring (bicyclic) bond motifs is 5. The number of nitrogens with zero attached hydrogens (tertiary/aromatic N) is 4. The number of hydrogen-bond donors (Lipinski definition) is 1. The molecule has 3 aromatic carbocycles. The first-order valence-corrected chi connectivity index (χ1v) is 14.8. The SMILES string of the molecule is O=C(NC(Cc1ccccc1)c1nnc2n(Cc3ccccc3)c(=O)c3c4c(sc3n12)CCCC4)c1ccccc1.